The fourth-order valence-corrected chi connectivity index (χ4v) is 6.50. The fourth-order valence-electron chi connectivity index (χ4n) is 5.35. The van der Waals surface area contributed by atoms with Crippen LogP contribution in [0.15, 0.2) is 59.6 Å². The van der Waals surface area contributed by atoms with Crippen molar-refractivity contribution in [2.75, 3.05) is 32.0 Å². The van der Waals surface area contributed by atoms with Gasteiger partial charge in [0, 0.05) is 31.6 Å². The maximum Gasteiger partial charge on any atom is 0.158 e. The molecule has 0 bridgehead atoms. The van der Waals surface area contributed by atoms with Gasteiger partial charge in [0.05, 0.1) is 16.4 Å². The highest BCUT2D eigenvalue weighted by atomic mass is 32.1. The molecule has 2 aliphatic heterocycles. The quantitative estimate of drug-likeness (QED) is 0.540. The molecule has 1 aliphatic carbocycles. The van der Waals surface area contributed by atoms with E-state index in [1.54, 1.807) is 0 Å². The van der Waals surface area contributed by atoms with E-state index in [1.807, 2.05) is 11.3 Å². The summed E-state index contributed by atoms with van der Waals surface area (Å²) in [5.41, 5.74) is 4.51. The number of thiazole rings is 1. The molecule has 5 nitrogen and oxygen atoms in total. The van der Waals surface area contributed by atoms with E-state index in [9.17, 15) is 0 Å². The van der Waals surface area contributed by atoms with Gasteiger partial charge in [0.1, 0.15) is 10.7 Å². The lowest BCUT2D eigenvalue weighted by molar-refractivity contribution is 0.140. The minimum absolute atomic E-state index is 0.451. The minimum atomic E-state index is 0.451. The van der Waals surface area contributed by atoms with Gasteiger partial charge in [-0.25, -0.2) is 9.98 Å². The van der Waals surface area contributed by atoms with Crippen LogP contribution < -0.4 is 5.32 Å². The summed E-state index contributed by atoms with van der Waals surface area (Å²) in [4.78, 5) is 15.4. The van der Waals surface area contributed by atoms with Crippen LogP contribution in [0.1, 0.15) is 47.9 Å². The fraction of sp³-hybridized carbons (Fsp3) is 0.407. The molecule has 3 aliphatic rings. The van der Waals surface area contributed by atoms with Crippen LogP contribution in [0, 0.1) is 0 Å². The standard InChI is InChI=1S/C27H31N5S/c1-31-15-16-32(18-21(31)17-19-9-3-2-4-10-19)25-24-27(29-23-14-8-7-13-22(23)28-25)33-26(30-24)20-11-5-6-12-20/h2-4,7-10,13-14,20-21,29H,5-6,11-12,15-18H2,1H3/t21-/m0/s1. The Morgan fingerprint density at radius 2 is 1.79 bits per heavy atom. The molecule has 1 N–H and O–H groups in total. The topological polar surface area (TPSA) is 43.8 Å². The van der Waals surface area contributed by atoms with Gasteiger partial charge < -0.3 is 10.2 Å². The van der Waals surface area contributed by atoms with Gasteiger partial charge in [0.15, 0.2) is 5.84 Å². The molecule has 170 valence electrons. The number of nitrogens with one attached hydrogen (secondary N) is 1. The number of fused-ring (bicyclic) bond motifs is 2. The SMILES string of the molecule is CN1CCN(C2=Nc3ccccc3Nc3sc(C4CCCC4)nc32)C[C@@H]1Cc1ccccc1. The van der Waals surface area contributed by atoms with E-state index < -0.39 is 0 Å². The average molecular weight is 458 g/mol. The van der Waals surface area contributed by atoms with Gasteiger partial charge in [0.25, 0.3) is 0 Å². The molecule has 0 unspecified atom stereocenters. The van der Waals surface area contributed by atoms with Crippen LogP contribution in [0.4, 0.5) is 16.4 Å². The number of para-hydroxylation sites is 2. The summed E-state index contributed by atoms with van der Waals surface area (Å²) < 4.78 is 0. The summed E-state index contributed by atoms with van der Waals surface area (Å²) in [6, 6.07) is 19.7. The van der Waals surface area contributed by atoms with Crippen molar-refractivity contribution >= 4 is 33.5 Å². The number of rotatable bonds is 3. The van der Waals surface area contributed by atoms with Crippen molar-refractivity contribution in [3.63, 3.8) is 0 Å². The third-order valence-electron chi connectivity index (χ3n) is 7.33. The number of anilines is 2. The van der Waals surface area contributed by atoms with Gasteiger partial charge in [0.2, 0.25) is 0 Å². The zero-order valence-corrected chi connectivity index (χ0v) is 20.0. The molecule has 2 fully saturated rings. The lowest BCUT2D eigenvalue weighted by Crippen LogP contribution is -2.54. The molecule has 0 spiro atoms. The Balaban J connectivity index is 1.35. The minimum Gasteiger partial charge on any atom is -0.352 e. The number of hydrogen-bond acceptors (Lipinski definition) is 6. The summed E-state index contributed by atoms with van der Waals surface area (Å²) in [7, 11) is 2.25. The summed E-state index contributed by atoms with van der Waals surface area (Å²) in [6.07, 6.45) is 6.23. The monoisotopic (exact) mass is 457 g/mol. The van der Waals surface area contributed by atoms with E-state index in [-0.39, 0.29) is 0 Å². The molecule has 3 aromatic rings. The molecular formula is C27H31N5S. The molecule has 3 heterocycles. The number of hydrogen-bond donors (Lipinski definition) is 1. The predicted molar refractivity (Wildman–Crippen MR) is 137 cm³/mol. The van der Waals surface area contributed by atoms with Crippen LogP contribution >= 0.6 is 11.3 Å². The Bertz CT molecular complexity index is 1150. The molecule has 0 amide bonds. The Morgan fingerprint density at radius 3 is 2.64 bits per heavy atom. The lowest BCUT2D eigenvalue weighted by atomic mass is 10.0. The molecule has 2 aromatic carbocycles. The second kappa shape index (κ2) is 8.92. The maximum absolute atomic E-state index is 5.23. The van der Waals surface area contributed by atoms with Crippen LogP contribution in [-0.2, 0) is 6.42 Å². The van der Waals surface area contributed by atoms with Crippen LogP contribution in [0.5, 0.6) is 0 Å². The van der Waals surface area contributed by atoms with Crippen molar-refractivity contribution in [1.29, 1.82) is 0 Å². The van der Waals surface area contributed by atoms with E-state index in [4.69, 9.17) is 9.98 Å². The van der Waals surface area contributed by atoms with Crippen molar-refractivity contribution in [1.82, 2.24) is 14.8 Å². The smallest absolute Gasteiger partial charge is 0.158 e. The number of amidine groups is 1. The van der Waals surface area contributed by atoms with Gasteiger partial charge in [-0.3, -0.25) is 4.90 Å². The van der Waals surface area contributed by atoms with Crippen molar-refractivity contribution in [3.8, 4) is 0 Å². The molecule has 1 saturated heterocycles. The summed E-state index contributed by atoms with van der Waals surface area (Å²) in [6.45, 7) is 2.96. The zero-order chi connectivity index (χ0) is 22.2. The molecular weight excluding hydrogens is 426 g/mol. The molecule has 1 atom stereocenters. The molecule has 33 heavy (non-hydrogen) atoms. The van der Waals surface area contributed by atoms with Gasteiger partial charge in [-0.1, -0.05) is 55.3 Å². The predicted octanol–water partition coefficient (Wildman–Crippen LogP) is 5.79. The van der Waals surface area contributed by atoms with Gasteiger partial charge in [-0.15, -0.1) is 11.3 Å². The Morgan fingerprint density at radius 1 is 1.00 bits per heavy atom. The van der Waals surface area contributed by atoms with E-state index in [2.05, 4.69) is 76.8 Å². The molecule has 1 aromatic heterocycles. The van der Waals surface area contributed by atoms with Crippen LogP contribution in [-0.4, -0.2) is 53.3 Å². The first-order valence-electron chi connectivity index (χ1n) is 12.2. The second-order valence-electron chi connectivity index (χ2n) is 9.56. The number of likely N-dealkylation sites (N-methyl/N-ethyl adjacent to an activating group) is 1. The lowest BCUT2D eigenvalue weighted by Gasteiger charge is -2.40. The summed E-state index contributed by atoms with van der Waals surface area (Å²) in [5.74, 6) is 1.65. The van der Waals surface area contributed by atoms with Gasteiger partial charge in [-0.2, -0.15) is 0 Å². The first kappa shape index (κ1) is 20.9. The van der Waals surface area contributed by atoms with Crippen molar-refractivity contribution in [2.45, 2.75) is 44.1 Å². The van der Waals surface area contributed by atoms with Crippen LogP contribution in [0.2, 0.25) is 0 Å². The number of nitrogens with zero attached hydrogens (tertiary/aromatic N) is 4. The van der Waals surface area contributed by atoms with E-state index in [1.165, 1.54) is 36.3 Å². The normalized spacial score (nSPS) is 21.2. The Kier molecular flexibility index (Phi) is 5.64. The number of piperazine rings is 1. The second-order valence-corrected chi connectivity index (χ2v) is 10.6. The third kappa shape index (κ3) is 4.18. The van der Waals surface area contributed by atoms with E-state index in [0.717, 1.165) is 54.0 Å². The maximum atomic E-state index is 5.23. The van der Waals surface area contributed by atoms with Crippen molar-refractivity contribution in [2.24, 2.45) is 4.99 Å². The summed E-state index contributed by atoms with van der Waals surface area (Å²) in [5, 5.41) is 6.12. The zero-order valence-electron chi connectivity index (χ0n) is 19.2. The highest BCUT2D eigenvalue weighted by Gasteiger charge is 2.32. The number of benzene rings is 2. The third-order valence-corrected chi connectivity index (χ3v) is 8.46. The highest BCUT2D eigenvalue weighted by Crippen LogP contribution is 2.43. The average Bonchev–Trinajstić information content (AvgIpc) is 3.49. The van der Waals surface area contributed by atoms with Crippen LogP contribution in [0.25, 0.3) is 0 Å². The largest absolute Gasteiger partial charge is 0.352 e. The molecule has 6 heteroatoms. The van der Waals surface area contributed by atoms with Crippen molar-refractivity contribution < 1.29 is 0 Å². The van der Waals surface area contributed by atoms with E-state index >= 15 is 0 Å². The molecule has 0 radical (unpaired) electrons. The first-order valence-corrected chi connectivity index (χ1v) is 13.0. The first-order chi connectivity index (χ1) is 16.2. The van der Waals surface area contributed by atoms with Crippen molar-refractivity contribution in [3.05, 3.63) is 70.9 Å². The molecule has 6 rings (SSSR count). The van der Waals surface area contributed by atoms with Gasteiger partial charge in [-0.05, 0) is 44.0 Å². The Labute approximate surface area is 200 Å². The number of aromatic nitrogens is 1. The van der Waals surface area contributed by atoms with Crippen LogP contribution in [0.3, 0.4) is 0 Å². The van der Waals surface area contributed by atoms with Gasteiger partial charge >= 0.3 is 0 Å². The summed E-state index contributed by atoms with van der Waals surface area (Å²) >= 11 is 1.84. The molecule has 1 saturated carbocycles. The Hall–Kier alpha value is -2.70. The highest BCUT2D eigenvalue weighted by molar-refractivity contribution is 7.16. The van der Waals surface area contributed by atoms with E-state index in [0.29, 0.717) is 12.0 Å². The number of aliphatic imine (C=N–C) groups is 1.